The zero-order chi connectivity index (χ0) is 12.4. The van der Waals surface area contributed by atoms with Crippen molar-refractivity contribution in [2.75, 3.05) is 11.1 Å². The van der Waals surface area contributed by atoms with Crippen molar-refractivity contribution < 1.29 is 0 Å². The Morgan fingerprint density at radius 1 is 1.44 bits per heavy atom. The smallest absolute Gasteiger partial charge is 0.199 e. The maximum atomic E-state index is 4.17. The van der Waals surface area contributed by atoms with Crippen LogP contribution >= 0.6 is 11.8 Å². The van der Waals surface area contributed by atoms with Crippen LogP contribution in [0.2, 0.25) is 0 Å². The van der Waals surface area contributed by atoms with Gasteiger partial charge in [0.05, 0.1) is 12.4 Å². The number of anilines is 1. The summed E-state index contributed by atoms with van der Waals surface area (Å²) in [5.74, 6) is 2.04. The first-order chi connectivity index (χ1) is 8.88. The first kappa shape index (κ1) is 11.7. The van der Waals surface area contributed by atoms with Crippen molar-refractivity contribution in [3.8, 4) is 0 Å². The van der Waals surface area contributed by atoms with Crippen LogP contribution in [0.5, 0.6) is 0 Å². The molecule has 2 aromatic rings. The van der Waals surface area contributed by atoms with Gasteiger partial charge >= 0.3 is 0 Å². The zero-order valence-corrected chi connectivity index (χ0v) is 11.1. The van der Waals surface area contributed by atoms with Gasteiger partial charge in [-0.1, -0.05) is 13.3 Å². The summed E-state index contributed by atoms with van der Waals surface area (Å²) in [6.07, 6.45) is 7.23. The minimum absolute atomic E-state index is 0.492. The highest BCUT2D eigenvalue weighted by Gasteiger charge is 2.27. The Hall–Kier alpha value is -1.37. The van der Waals surface area contributed by atoms with Crippen molar-refractivity contribution in [2.24, 2.45) is 0 Å². The molecule has 2 unspecified atom stereocenters. The maximum absolute atomic E-state index is 4.17. The van der Waals surface area contributed by atoms with Crippen molar-refractivity contribution in [2.45, 2.75) is 37.5 Å². The maximum Gasteiger partial charge on any atom is 0.199 e. The van der Waals surface area contributed by atoms with Crippen LogP contribution in [-0.4, -0.2) is 42.1 Å². The monoisotopic (exact) mass is 264 g/mol. The molecule has 0 aromatic carbocycles. The van der Waals surface area contributed by atoms with Crippen molar-refractivity contribution in [1.29, 1.82) is 0 Å². The number of tetrazole rings is 1. The summed E-state index contributed by atoms with van der Waals surface area (Å²) >= 11 is 2.03. The third-order valence-corrected chi connectivity index (χ3v) is 4.60. The lowest BCUT2D eigenvalue weighted by Gasteiger charge is -2.20. The van der Waals surface area contributed by atoms with E-state index >= 15 is 0 Å². The van der Waals surface area contributed by atoms with Gasteiger partial charge in [-0.3, -0.25) is 4.98 Å². The van der Waals surface area contributed by atoms with Crippen molar-refractivity contribution >= 4 is 23.2 Å². The van der Waals surface area contributed by atoms with Crippen LogP contribution in [0.4, 0.5) is 5.82 Å². The van der Waals surface area contributed by atoms with E-state index in [1.165, 1.54) is 19.3 Å². The van der Waals surface area contributed by atoms with Gasteiger partial charge in [0, 0.05) is 11.3 Å². The van der Waals surface area contributed by atoms with E-state index in [0.717, 1.165) is 11.6 Å². The van der Waals surface area contributed by atoms with E-state index in [2.05, 4.69) is 32.7 Å². The fourth-order valence-corrected chi connectivity index (χ4v) is 3.67. The summed E-state index contributed by atoms with van der Waals surface area (Å²) in [4.78, 5) is 4.17. The van der Waals surface area contributed by atoms with Gasteiger partial charge in [-0.15, -0.1) is 5.10 Å². The summed E-state index contributed by atoms with van der Waals surface area (Å²) in [5.41, 5.74) is 0.678. The Kier molecular flexibility index (Phi) is 3.31. The number of hydrogen-bond donors (Lipinski definition) is 1. The lowest BCUT2D eigenvalue weighted by molar-refractivity contribution is 0.742. The highest BCUT2D eigenvalue weighted by atomic mass is 32.2. The third-order valence-electron chi connectivity index (χ3n) is 3.28. The summed E-state index contributed by atoms with van der Waals surface area (Å²) in [6.45, 7) is 2.21. The Morgan fingerprint density at radius 3 is 3.28 bits per heavy atom. The fraction of sp³-hybridized carbons (Fsp3) is 0.636. The number of aromatic nitrogens is 5. The predicted octanol–water partition coefficient (Wildman–Crippen LogP) is 1.61. The van der Waals surface area contributed by atoms with E-state index in [0.29, 0.717) is 16.9 Å². The quantitative estimate of drug-likeness (QED) is 0.904. The molecule has 1 aliphatic carbocycles. The molecule has 6 nitrogen and oxygen atoms in total. The van der Waals surface area contributed by atoms with Crippen LogP contribution in [0.15, 0.2) is 12.4 Å². The molecule has 0 bridgehead atoms. The largest absolute Gasteiger partial charge is 0.365 e. The van der Waals surface area contributed by atoms with Crippen LogP contribution in [0.25, 0.3) is 5.65 Å². The molecule has 2 atom stereocenters. The predicted molar refractivity (Wildman–Crippen MR) is 71.8 cm³/mol. The standard InChI is InChI=1S/C11H16N6S/c1-2-18-9-5-3-4-8(9)13-10-6-12-7-11-14-15-16-17(10)11/h6-9,13H,2-5H2,1H3. The van der Waals surface area contributed by atoms with Crippen molar-refractivity contribution in [3.05, 3.63) is 12.4 Å². The van der Waals surface area contributed by atoms with E-state index in [1.807, 2.05) is 11.8 Å². The van der Waals surface area contributed by atoms with Gasteiger partial charge in [-0.05, 0) is 29.0 Å². The van der Waals surface area contributed by atoms with Gasteiger partial charge in [-0.2, -0.15) is 16.3 Å². The van der Waals surface area contributed by atoms with E-state index in [-0.39, 0.29) is 0 Å². The molecule has 0 radical (unpaired) electrons. The number of nitrogens with one attached hydrogen (secondary N) is 1. The lowest BCUT2D eigenvalue weighted by Crippen LogP contribution is -2.27. The highest BCUT2D eigenvalue weighted by Crippen LogP contribution is 2.31. The van der Waals surface area contributed by atoms with Crippen molar-refractivity contribution in [3.63, 3.8) is 0 Å². The van der Waals surface area contributed by atoms with E-state index in [9.17, 15) is 0 Å². The second-order valence-electron chi connectivity index (χ2n) is 4.42. The molecule has 7 heteroatoms. The summed E-state index contributed by atoms with van der Waals surface area (Å²) in [5, 5.41) is 15.8. The molecule has 2 aromatic heterocycles. The molecular weight excluding hydrogens is 248 g/mol. The van der Waals surface area contributed by atoms with E-state index < -0.39 is 0 Å². The molecule has 1 fully saturated rings. The molecule has 0 saturated heterocycles. The molecule has 18 heavy (non-hydrogen) atoms. The molecular formula is C11H16N6S. The molecule has 1 saturated carbocycles. The Balaban J connectivity index is 1.81. The average Bonchev–Trinajstić information content (AvgIpc) is 3.00. The second-order valence-corrected chi connectivity index (χ2v) is 5.93. The number of fused-ring (bicyclic) bond motifs is 1. The van der Waals surface area contributed by atoms with Crippen LogP contribution < -0.4 is 5.32 Å². The molecule has 1 N–H and O–H groups in total. The van der Waals surface area contributed by atoms with Crippen molar-refractivity contribution in [1.82, 2.24) is 25.0 Å². The average molecular weight is 264 g/mol. The van der Waals surface area contributed by atoms with Gasteiger partial charge in [0.15, 0.2) is 11.5 Å². The van der Waals surface area contributed by atoms with Gasteiger partial charge in [0.2, 0.25) is 0 Å². The van der Waals surface area contributed by atoms with Crippen LogP contribution in [-0.2, 0) is 0 Å². The second kappa shape index (κ2) is 5.09. The SMILES string of the molecule is CCSC1CCCC1Nc1cncc2nnnn12. The Bertz CT molecular complexity index is 527. The first-order valence-electron chi connectivity index (χ1n) is 6.28. The van der Waals surface area contributed by atoms with Gasteiger partial charge in [0.25, 0.3) is 0 Å². The van der Waals surface area contributed by atoms with Crippen LogP contribution in [0.1, 0.15) is 26.2 Å². The van der Waals surface area contributed by atoms with Gasteiger partial charge in [0.1, 0.15) is 0 Å². The number of nitrogens with zero attached hydrogens (tertiary/aromatic N) is 5. The minimum atomic E-state index is 0.492. The normalized spacial score (nSPS) is 23.6. The molecule has 0 aliphatic heterocycles. The molecule has 0 amide bonds. The first-order valence-corrected chi connectivity index (χ1v) is 7.33. The summed E-state index contributed by atoms with van der Waals surface area (Å²) < 4.78 is 1.71. The van der Waals surface area contributed by atoms with E-state index in [1.54, 1.807) is 16.9 Å². The number of thioether (sulfide) groups is 1. The molecule has 1 aliphatic rings. The van der Waals surface area contributed by atoms with E-state index in [4.69, 9.17) is 0 Å². The molecule has 3 rings (SSSR count). The Morgan fingerprint density at radius 2 is 2.39 bits per heavy atom. The summed E-state index contributed by atoms with van der Waals surface area (Å²) in [7, 11) is 0. The molecule has 0 spiro atoms. The fourth-order valence-electron chi connectivity index (χ4n) is 2.47. The van der Waals surface area contributed by atoms with Crippen LogP contribution in [0.3, 0.4) is 0 Å². The van der Waals surface area contributed by atoms with Gasteiger partial charge in [-0.25, -0.2) is 0 Å². The lowest BCUT2D eigenvalue weighted by atomic mass is 10.2. The Labute approximate surface area is 110 Å². The molecule has 96 valence electrons. The number of hydrogen-bond acceptors (Lipinski definition) is 6. The number of rotatable bonds is 4. The topological polar surface area (TPSA) is 68.0 Å². The zero-order valence-electron chi connectivity index (χ0n) is 10.3. The molecule has 2 heterocycles. The summed E-state index contributed by atoms with van der Waals surface area (Å²) in [6, 6.07) is 0.492. The third kappa shape index (κ3) is 2.14. The highest BCUT2D eigenvalue weighted by molar-refractivity contribution is 7.99. The van der Waals surface area contributed by atoms with Gasteiger partial charge < -0.3 is 5.32 Å². The van der Waals surface area contributed by atoms with Crippen LogP contribution in [0, 0.1) is 0 Å². The minimum Gasteiger partial charge on any atom is -0.365 e.